The lowest BCUT2D eigenvalue weighted by atomic mass is 9.82. The van der Waals surface area contributed by atoms with E-state index in [0.717, 1.165) is 42.7 Å². The molecule has 1 saturated carbocycles. The molecule has 0 amide bonds. The Morgan fingerprint density at radius 3 is 2.31 bits per heavy atom. The molecular formula is C25H26N6O4. The van der Waals surface area contributed by atoms with Gasteiger partial charge in [0, 0.05) is 5.69 Å². The summed E-state index contributed by atoms with van der Waals surface area (Å²) in [7, 11) is 1.61. The van der Waals surface area contributed by atoms with E-state index in [1.165, 1.54) is 10.2 Å². The summed E-state index contributed by atoms with van der Waals surface area (Å²) in [4.78, 5) is 11.7. The van der Waals surface area contributed by atoms with Crippen molar-refractivity contribution in [1.82, 2.24) is 29.8 Å². The van der Waals surface area contributed by atoms with Gasteiger partial charge in [-0.1, -0.05) is 29.5 Å². The van der Waals surface area contributed by atoms with Gasteiger partial charge in [0.05, 0.1) is 13.7 Å². The second-order valence-electron chi connectivity index (χ2n) is 8.61. The Kier molecular flexibility index (Phi) is 6.42. The zero-order valence-electron chi connectivity index (χ0n) is 19.3. The van der Waals surface area contributed by atoms with Crippen LogP contribution in [0.15, 0.2) is 61.2 Å². The Morgan fingerprint density at radius 2 is 1.69 bits per heavy atom. The number of nitrogens with zero attached hydrogens (tertiary/aromatic N) is 6. The number of hydrogen-bond acceptors (Lipinski definition) is 7. The van der Waals surface area contributed by atoms with E-state index in [4.69, 9.17) is 9.47 Å². The summed E-state index contributed by atoms with van der Waals surface area (Å²) in [5, 5.41) is 25.2. The molecule has 1 aliphatic carbocycles. The maximum absolute atomic E-state index is 11.7. The van der Waals surface area contributed by atoms with Crippen molar-refractivity contribution in [3.8, 4) is 17.3 Å². The van der Waals surface area contributed by atoms with Gasteiger partial charge in [0.2, 0.25) is 11.6 Å². The molecule has 35 heavy (non-hydrogen) atoms. The fourth-order valence-electron chi connectivity index (χ4n) is 4.49. The largest absolute Gasteiger partial charge is 0.497 e. The normalized spacial score (nSPS) is 17.7. The van der Waals surface area contributed by atoms with Crippen LogP contribution in [0.3, 0.4) is 0 Å². The maximum atomic E-state index is 11.7. The molecule has 10 nitrogen and oxygen atoms in total. The predicted octanol–water partition coefficient (Wildman–Crippen LogP) is 3.72. The summed E-state index contributed by atoms with van der Waals surface area (Å²) >= 11 is 0. The van der Waals surface area contributed by atoms with Crippen LogP contribution in [0.4, 0.5) is 0 Å². The number of methoxy groups -OCH3 is 1. The van der Waals surface area contributed by atoms with Gasteiger partial charge in [-0.2, -0.15) is 0 Å². The highest BCUT2D eigenvalue weighted by Gasteiger charge is 2.28. The lowest BCUT2D eigenvalue weighted by Crippen LogP contribution is -2.25. The first-order chi connectivity index (χ1) is 17.1. The van der Waals surface area contributed by atoms with Crippen LogP contribution < -0.4 is 9.47 Å². The topological polar surface area (TPSA) is 117 Å². The zero-order valence-corrected chi connectivity index (χ0v) is 19.3. The summed E-state index contributed by atoms with van der Waals surface area (Å²) in [6.45, 7) is 0.355. The fourth-order valence-corrected chi connectivity index (χ4v) is 4.49. The van der Waals surface area contributed by atoms with Crippen molar-refractivity contribution in [2.24, 2.45) is 0 Å². The SMILES string of the molecule is COc1ccc(Cn2nnc(C(=O)O)c2O[C@H]2CC[C@H](c3ccc(-n4cnnc4)cc3)CC2)cc1. The highest BCUT2D eigenvalue weighted by Crippen LogP contribution is 2.35. The van der Waals surface area contributed by atoms with Crippen molar-refractivity contribution < 1.29 is 19.4 Å². The smallest absolute Gasteiger partial charge is 0.362 e. The number of carboxylic acid groups (broad SMARTS) is 1. The quantitative estimate of drug-likeness (QED) is 0.411. The van der Waals surface area contributed by atoms with Crippen molar-refractivity contribution in [3.63, 3.8) is 0 Å². The lowest BCUT2D eigenvalue weighted by Gasteiger charge is -2.29. The molecule has 1 N–H and O–H groups in total. The predicted molar refractivity (Wildman–Crippen MR) is 126 cm³/mol. The second-order valence-corrected chi connectivity index (χ2v) is 8.61. The minimum atomic E-state index is -1.15. The number of carboxylic acids is 1. The maximum Gasteiger partial charge on any atom is 0.362 e. The minimum Gasteiger partial charge on any atom is -0.497 e. The Balaban J connectivity index is 1.24. The van der Waals surface area contributed by atoms with Crippen LogP contribution in [0.5, 0.6) is 11.6 Å². The van der Waals surface area contributed by atoms with Crippen LogP contribution in [0, 0.1) is 0 Å². The molecular weight excluding hydrogens is 448 g/mol. The molecule has 0 unspecified atom stereocenters. The Bertz CT molecular complexity index is 1260. The van der Waals surface area contributed by atoms with Gasteiger partial charge in [0.15, 0.2) is 0 Å². The van der Waals surface area contributed by atoms with E-state index in [0.29, 0.717) is 12.5 Å². The molecule has 1 aliphatic rings. The molecule has 5 rings (SSSR count). The summed E-state index contributed by atoms with van der Waals surface area (Å²) in [5.41, 5.74) is 3.09. The van der Waals surface area contributed by atoms with Gasteiger partial charge in [0.1, 0.15) is 24.5 Å². The number of aromatic carboxylic acids is 1. The van der Waals surface area contributed by atoms with Crippen molar-refractivity contribution in [2.75, 3.05) is 7.11 Å². The van der Waals surface area contributed by atoms with E-state index < -0.39 is 5.97 Å². The third-order valence-corrected chi connectivity index (χ3v) is 6.42. The number of hydrogen-bond donors (Lipinski definition) is 1. The van der Waals surface area contributed by atoms with Gasteiger partial charge in [-0.25, -0.2) is 9.48 Å². The van der Waals surface area contributed by atoms with Crippen LogP contribution in [-0.4, -0.2) is 54.0 Å². The molecule has 0 spiro atoms. The summed E-state index contributed by atoms with van der Waals surface area (Å²) in [5.74, 6) is 0.240. The highest BCUT2D eigenvalue weighted by atomic mass is 16.5. The van der Waals surface area contributed by atoms with Gasteiger partial charge in [-0.3, -0.25) is 4.57 Å². The molecule has 10 heteroatoms. The van der Waals surface area contributed by atoms with Crippen LogP contribution in [0.25, 0.3) is 5.69 Å². The Morgan fingerprint density at radius 1 is 1.00 bits per heavy atom. The van der Waals surface area contributed by atoms with E-state index in [-0.39, 0.29) is 17.7 Å². The highest BCUT2D eigenvalue weighted by molar-refractivity contribution is 5.87. The van der Waals surface area contributed by atoms with Crippen molar-refractivity contribution in [2.45, 2.75) is 44.2 Å². The van der Waals surface area contributed by atoms with E-state index in [1.54, 1.807) is 19.8 Å². The number of ether oxygens (including phenoxy) is 2. The zero-order chi connectivity index (χ0) is 24.2. The van der Waals surface area contributed by atoms with Crippen LogP contribution in [0.1, 0.15) is 53.2 Å². The molecule has 4 aromatic rings. The lowest BCUT2D eigenvalue weighted by molar-refractivity contribution is 0.0676. The van der Waals surface area contributed by atoms with Gasteiger partial charge < -0.3 is 14.6 Å². The third kappa shape index (κ3) is 5.01. The Labute approximate surface area is 202 Å². The number of rotatable bonds is 8. The van der Waals surface area contributed by atoms with Gasteiger partial charge >= 0.3 is 5.97 Å². The van der Waals surface area contributed by atoms with Crippen molar-refractivity contribution in [3.05, 3.63) is 78.0 Å². The molecule has 180 valence electrons. The van der Waals surface area contributed by atoms with Gasteiger partial charge in [0.25, 0.3) is 0 Å². The van der Waals surface area contributed by atoms with Gasteiger partial charge in [-0.05, 0) is 67.0 Å². The van der Waals surface area contributed by atoms with Crippen LogP contribution >= 0.6 is 0 Å². The van der Waals surface area contributed by atoms with E-state index in [1.807, 2.05) is 28.8 Å². The first-order valence-electron chi connectivity index (χ1n) is 11.5. The molecule has 0 aliphatic heterocycles. The van der Waals surface area contributed by atoms with E-state index >= 15 is 0 Å². The first-order valence-corrected chi connectivity index (χ1v) is 11.5. The van der Waals surface area contributed by atoms with Crippen LogP contribution in [-0.2, 0) is 6.54 Å². The average Bonchev–Trinajstić information content (AvgIpc) is 3.56. The summed E-state index contributed by atoms with van der Waals surface area (Å²) in [6.07, 6.45) is 6.83. The fraction of sp³-hybridized carbons (Fsp3) is 0.320. The number of aromatic nitrogens is 6. The van der Waals surface area contributed by atoms with Crippen molar-refractivity contribution in [1.29, 1.82) is 0 Å². The number of benzene rings is 2. The molecule has 2 aromatic carbocycles. The molecule has 2 aromatic heterocycles. The van der Waals surface area contributed by atoms with Gasteiger partial charge in [-0.15, -0.1) is 15.3 Å². The monoisotopic (exact) mass is 474 g/mol. The molecule has 0 bridgehead atoms. The molecule has 0 radical (unpaired) electrons. The first kappa shape index (κ1) is 22.6. The third-order valence-electron chi connectivity index (χ3n) is 6.42. The second kappa shape index (κ2) is 9.96. The van der Waals surface area contributed by atoms with Crippen molar-refractivity contribution >= 4 is 5.97 Å². The Hall–Kier alpha value is -4.21. The number of carbonyl (C=O) groups is 1. The minimum absolute atomic E-state index is 0.0891. The standard InChI is InChI=1S/C25H26N6O4/c1-34-21-10-2-17(3-11-21)14-31-24(23(25(32)33)28-29-31)35-22-12-6-19(7-13-22)18-4-8-20(9-5-18)30-15-26-27-16-30/h2-5,8-11,15-16,19,22H,6-7,12-14H2,1H3,(H,32,33)/t19-,22-. The molecule has 0 atom stereocenters. The van der Waals surface area contributed by atoms with Crippen LogP contribution in [0.2, 0.25) is 0 Å². The molecule has 2 heterocycles. The molecule has 1 fully saturated rings. The summed E-state index contributed by atoms with van der Waals surface area (Å²) < 4.78 is 14.8. The molecule has 0 saturated heterocycles. The average molecular weight is 475 g/mol. The summed E-state index contributed by atoms with van der Waals surface area (Å²) in [6, 6.07) is 16.0. The van der Waals surface area contributed by atoms with E-state index in [9.17, 15) is 9.90 Å². The van der Waals surface area contributed by atoms with E-state index in [2.05, 4.69) is 44.8 Å².